The summed E-state index contributed by atoms with van der Waals surface area (Å²) in [7, 11) is 0. The van der Waals surface area contributed by atoms with E-state index in [-0.39, 0.29) is 18.6 Å². The predicted molar refractivity (Wildman–Crippen MR) is 126 cm³/mol. The van der Waals surface area contributed by atoms with Crippen molar-refractivity contribution in [3.63, 3.8) is 0 Å². The quantitative estimate of drug-likeness (QED) is 0.407. The van der Waals surface area contributed by atoms with Gasteiger partial charge >= 0.3 is 0 Å². The first-order valence-corrected chi connectivity index (χ1v) is 11.8. The van der Waals surface area contributed by atoms with E-state index in [1.807, 2.05) is 19.9 Å². The second-order valence-corrected chi connectivity index (χ2v) is 9.02. The van der Waals surface area contributed by atoms with Crippen LogP contribution in [0.3, 0.4) is 0 Å². The van der Waals surface area contributed by atoms with Crippen LogP contribution in [0.1, 0.15) is 25.0 Å². The molecule has 2 heterocycles. The number of thioether (sulfide) groups is 1. The number of ether oxygens (including phenoxy) is 4. The second kappa shape index (κ2) is 9.64. The molecule has 0 N–H and O–H groups in total. The standard InChI is InChI=1S/C22H19BrClNO6S/c1-3-28-18-6-12(5-14(23)20(18)29-4-2)7-19-21(26)25(22(27)32-19)10-13-8-16-17(9-15(13)24)31-11-30-16/h5-9H,3-4,10-11H2,1-2H3/b19-7-. The molecular formula is C22H19BrClNO6S. The Kier molecular flexibility index (Phi) is 6.88. The average Bonchev–Trinajstić information content (AvgIpc) is 3.30. The summed E-state index contributed by atoms with van der Waals surface area (Å²) in [4.78, 5) is 27.0. The van der Waals surface area contributed by atoms with Crippen LogP contribution in [0.25, 0.3) is 6.08 Å². The van der Waals surface area contributed by atoms with Crippen molar-refractivity contribution >= 4 is 56.5 Å². The molecule has 2 aliphatic rings. The molecular weight excluding hydrogens is 522 g/mol. The normalized spacial score (nSPS) is 16.2. The van der Waals surface area contributed by atoms with Gasteiger partial charge in [0, 0.05) is 11.1 Å². The number of carbonyl (C=O) groups excluding carboxylic acids is 2. The Morgan fingerprint density at radius 3 is 2.56 bits per heavy atom. The molecule has 2 aromatic rings. The van der Waals surface area contributed by atoms with Gasteiger partial charge in [-0.05, 0) is 76.9 Å². The lowest BCUT2D eigenvalue weighted by Crippen LogP contribution is -2.27. The lowest BCUT2D eigenvalue weighted by Gasteiger charge is -2.14. The minimum absolute atomic E-state index is 0.0364. The number of benzene rings is 2. The number of nitrogens with zero attached hydrogens (tertiary/aromatic N) is 1. The summed E-state index contributed by atoms with van der Waals surface area (Å²) < 4.78 is 22.7. The topological polar surface area (TPSA) is 74.3 Å². The number of hydrogen-bond donors (Lipinski definition) is 0. The molecule has 0 aromatic heterocycles. The van der Waals surface area contributed by atoms with E-state index in [9.17, 15) is 9.59 Å². The summed E-state index contributed by atoms with van der Waals surface area (Å²) in [6, 6.07) is 6.91. The van der Waals surface area contributed by atoms with Crippen molar-refractivity contribution in [3.8, 4) is 23.0 Å². The van der Waals surface area contributed by atoms with Crippen LogP contribution in [0.4, 0.5) is 4.79 Å². The van der Waals surface area contributed by atoms with Gasteiger partial charge in [0.15, 0.2) is 23.0 Å². The third-order valence-electron chi connectivity index (χ3n) is 4.66. The van der Waals surface area contributed by atoms with Crippen molar-refractivity contribution in [1.82, 2.24) is 4.90 Å². The third-order valence-corrected chi connectivity index (χ3v) is 6.51. The Morgan fingerprint density at radius 1 is 1.12 bits per heavy atom. The smallest absolute Gasteiger partial charge is 0.293 e. The molecule has 1 saturated heterocycles. The fourth-order valence-electron chi connectivity index (χ4n) is 3.26. The van der Waals surface area contributed by atoms with E-state index in [0.29, 0.717) is 61.7 Å². The molecule has 0 aliphatic carbocycles. The molecule has 1 fully saturated rings. The third kappa shape index (κ3) is 4.55. The van der Waals surface area contributed by atoms with Gasteiger partial charge < -0.3 is 18.9 Å². The SMILES string of the molecule is CCOc1cc(/C=C2\SC(=O)N(Cc3cc4c(cc3Cl)OCO4)C2=O)cc(Br)c1OCC. The van der Waals surface area contributed by atoms with Gasteiger partial charge in [-0.2, -0.15) is 0 Å². The Bertz CT molecular complexity index is 1120. The van der Waals surface area contributed by atoms with E-state index in [2.05, 4.69) is 15.9 Å². The molecule has 4 rings (SSSR count). The molecule has 7 nitrogen and oxygen atoms in total. The van der Waals surface area contributed by atoms with Crippen LogP contribution in [0.5, 0.6) is 23.0 Å². The maximum atomic E-state index is 13.0. The van der Waals surface area contributed by atoms with Gasteiger partial charge in [0.1, 0.15) is 0 Å². The molecule has 0 bridgehead atoms. The van der Waals surface area contributed by atoms with Crippen LogP contribution >= 0.6 is 39.3 Å². The van der Waals surface area contributed by atoms with Crippen molar-refractivity contribution in [3.05, 3.63) is 49.8 Å². The van der Waals surface area contributed by atoms with Crippen LogP contribution in [-0.4, -0.2) is 36.1 Å². The molecule has 0 radical (unpaired) electrons. The number of fused-ring (bicyclic) bond motifs is 1. The Labute approximate surface area is 202 Å². The fraction of sp³-hybridized carbons (Fsp3) is 0.273. The highest BCUT2D eigenvalue weighted by Gasteiger charge is 2.36. The molecule has 2 amide bonds. The minimum atomic E-state index is -0.392. The van der Waals surface area contributed by atoms with E-state index in [1.165, 1.54) is 0 Å². The first kappa shape index (κ1) is 22.8. The molecule has 0 unspecified atom stereocenters. The van der Waals surface area contributed by atoms with Crippen molar-refractivity contribution in [2.45, 2.75) is 20.4 Å². The largest absolute Gasteiger partial charge is 0.490 e. The first-order chi connectivity index (χ1) is 15.4. The molecule has 2 aromatic carbocycles. The highest BCUT2D eigenvalue weighted by atomic mass is 79.9. The lowest BCUT2D eigenvalue weighted by atomic mass is 10.1. The number of carbonyl (C=O) groups is 2. The summed E-state index contributed by atoms with van der Waals surface area (Å²) >= 11 is 10.7. The Morgan fingerprint density at radius 2 is 1.84 bits per heavy atom. The molecule has 0 spiro atoms. The van der Waals surface area contributed by atoms with E-state index in [0.717, 1.165) is 16.7 Å². The monoisotopic (exact) mass is 539 g/mol. The molecule has 0 atom stereocenters. The Hall–Kier alpha value is -2.36. The summed E-state index contributed by atoms with van der Waals surface area (Å²) in [6.07, 6.45) is 1.66. The van der Waals surface area contributed by atoms with Gasteiger partial charge in [-0.3, -0.25) is 14.5 Å². The minimum Gasteiger partial charge on any atom is -0.490 e. The summed E-state index contributed by atoms with van der Waals surface area (Å²) in [5, 5.41) is 0.0269. The molecule has 2 aliphatic heterocycles. The van der Waals surface area contributed by atoms with Crippen LogP contribution < -0.4 is 18.9 Å². The Balaban J connectivity index is 1.59. The van der Waals surface area contributed by atoms with Gasteiger partial charge in [-0.1, -0.05) is 11.6 Å². The van der Waals surface area contributed by atoms with Gasteiger partial charge in [0.2, 0.25) is 6.79 Å². The number of imide groups is 1. The zero-order valence-electron chi connectivity index (χ0n) is 17.3. The van der Waals surface area contributed by atoms with Crippen LogP contribution in [-0.2, 0) is 11.3 Å². The highest BCUT2D eigenvalue weighted by molar-refractivity contribution is 9.10. The number of rotatable bonds is 7. The van der Waals surface area contributed by atoms with Gasteiger partial charge in [-0.15, -0.1) is 0 Å². The number of amides is 2. The van der Waals surface area contributed by atoms with Crippen molar-refractivity contribution < 1.29 is 28.5 Å². The van der Waals surface area contributed by atoms with E-state index in [4.69, 9.17) is 30.5 Å². The molecule has 168 valence electrons. The van der Waals surface area contributed by atoms with E-state index in [1.54, 1.807) is 24.3 Å². The maximum absolute atomic E-state index is 13.0. The summed E-state index contributed by atoms with van der Waals surface area (Å²) in [6.45, 7) is 4.86. The van der Waals surface area contributed by atoms with Crippen LogP contribution in [0, 0.1) is 0 Å². The highest BCUT2D eigenvalue weighted by Crippen LogP contribution is 2.41. The van der Waals surface area contributed by atoms with Crippen molar-refractivity contribution in [2.75, 3.05) is 20.0 Å². The maximum Gasteiger partial charge on any atom is 0.293 e. The average molecular weight is 541 g/mol. The zero-order chi connectivity index (χ0) is 22.8. The summed E-state index contributed by atoms with van der Waals surface area (Å²) in [5.74, 6) is 1.84. The van der Waals surface area contributed by atoms with Gasteiger partial charge in [0.25, 0.3) is 11.1 Å². The number of hydrogen-bond acceptors (Lipinski definition) is 7. The van der Waals surface area contributed by atoms with Crippen LogP contribution in [0.15, 0.2) is 33.6 Å². The summed E-state index contributed by atoms with van der Waals surface area (Å²) in [5.41, 5.74) is 1.30. The number of halogens is 2. The zero-order valence-corrected chi connectivity index (χ0v) is 20.4. The van der Waals surface area contributed by atoms with Gasteiger partial charge in [-0.25, -0.2) is 0 Å². The molecule has 10 heteroatoms. The second-order valence-electron chi connectivity index (χ2n) is 6.76. The predicted octanol–water partition coefficient (Wildman–Crippen LogP) is 5.87. The lowest BCUT2D eigenvalue weighted by molar-refractivity contribution is -0.123. The van der Waals surface area contributed by atoms with Crippen molar-refractivity contribution in [1.29, 1.82) is 0 Å². The molecule has 0 saturated carbocycles. The van der Waals surface area contributed by atoms with Crippen LogP contribution in [0.2, 0.25) is 5.02 Å². The van der Waals surface area contributed by atoms with E-state index < -0.39 is 5.91 Å². The molecule has 32 heavy (non-hydrogen) atoms. The van der Waals surface area contributed by atoms with E-state index >= 15 is 0 Å². The van der Waals surface area contributed by atoms with Gasteiger partial charge in [0.05, 0.1) is 29.1 Å². The fourth-order valence-corrected chi connectivity index (χ4v) is 4.88. The van der Waals surface area contributed by atoms with Crippen molar-refractivity contribution in [2.24, 2.45) is 0 Å². The first-order valence-electron chi connectivity index (χ1n) is 9.83.